The van der Waals surface area contributed by atoms with E-state index in [2.05, 4.69) is 21.2 Å². The van der Waals surface area contributed by atoms with Crippen LogP contribution in [0.2, 0.25) is 0 Å². The summed E-state index contributed by atoms with van der Waals surface area (Å²) in [6.45, 7) is 0.706. The second kappa shape index (κ2) is 6.34. The average molecular weight is 312 g/mol. The summed E-state index contributed by atoms with van der Waals surface area (Å²) in [7, 11) is 0. The van der Waals surface area contributed by atoms with Crippen molar-refractivity contribution in [2.24, 2.45) is 5.92 Å². The summed E-state index contributed by atoms with van der Waals surface area (Å²) >= 11 is 3.36. The van der Waals surface area contributed by atoms with E-state index in [0.29, 0.717) is 18.0 Å². The van der Waals surface area contributed by atoms with Crippen LogP contribution in [-0.4, -0.2) is 23.7 Å². The van der Waals surface area contributed by atoms with Gasteiger partial charge in [-0.3, -0.25) is 4.79 Å². The molecule has 0 spiro atoms. The molecule has 1 aliphatic rings. The van der Waals surface area contributed by atoms with E-state index >= 15 is 0 Å². The van der Waals surface area contributed by atoms with Crippen molar-refractivity contribution in [3.8, 4) is 0 Å². The van der Waals surface area contributed by atoms with Crippen LogP contribution in [0, 0.1) is 5.92 Å². The third-order valence-electron chi connectivity index (χ3n) is 3.45. The molecule has 0 saturated heterocycles. The Morgan fingerprint density at radius 2 is 2.06 bits per heavy atom. The van der Waals surface area contributed by atoms with Crippen LogP contribution in [0.1, 0.15) is 36.0 Å². The Labute approximate surface area is 116 Å². The van der Waals surface area contributed by atoms with Crippen LogP contribution in [0.5, 0.6) is 0 Å². The standard InChI is InChI=1S/C14H18BrNO2/c15-12-3-1-2-11(8-12)14(18)16-9-10-4-6-13(17)7-5-10/h1-3,8,10,13,17H,4-7,9H2,(H,16,18). The lowest BCUT2D eigenvalue weighted by Gasteiger charge is -2.25. The highest BCUT2D eigenvalue weighted by molar-refractivity contribution is 9.10. The summed E-state index contributed by atoms with van der Waals surface area (Å²) in [5, 5.41) is 12.4. The van der Waals surface area contributed by atoms with Gasteiger partial charge in [0, 0.05) is 16.6 Å². The van der Waals surface area contributed by atoms with Gasteiger partial charge in [-0.2, -0.15) is 0 Å². The van der Waals surface area contributed by atoms with E-state index in [1.54, 1.807) is 0 Å². The number of carbonyl (C=O) groups excluding carboxylic acids is 1. The fourth-order valence-corrected chi connectivity index (χ4v) is 2.72. The molecule has 2 rings (SSSR count). The number of hydrogen-bond acceptors (Lipinski definition) is 2. The largest absolute Gasteiger partial charge is 0.393 e. The minimum atomic E-state index is -0.137. The lowest BCUT2D eigenvalue weighted by molar-refractivity contribution is 0.0910. The number of carbonyl (C=O) groups is 1. The normalized spacial score (nSPS) is 23.7. The molecule has 3 nitrogen and oxygen atoms in total. The van der Waals surface area contributed by atoms with Gasteiger partial charge in [-0.05, 0) is 49.8 Å². The van der Waals surface area contributed by atoms with Crippen molar-refractivity contribution in [2.75, 3.05) is 6.54 Å². The quantitative estimate of drug-likeness (QED) is 0.901. The van der Waals surface area contributed by atoms with E-state index in [4.69, 9.17) is 0 Å². The fourth-order valence-electron chi connectivity index (χ4n) is 2.32. The van der Waals surface area contributed by atoms with E-state index in [1.165, 1.54) is 0 Å². The highest BCUT2D eigenvalue weighted by Gasteiger charge is 2.19. The number of amides is 1. The van der Waals surface area contributed by atoms with Gasteiger partial charge in [-0.15, -0.1) is 0 Å². The molecule has 1 fully saturated rings. The molecular weight excluding hydrogens is 294 g/mol. The van der Waals surface area contributed by atoms with Crippen molar-refractivity contribution in [3.05, 3.63) is 34.3 Å². The van der Waals surface area contributed by atoms with Crippen LogP contribution in [0.15, 0.2) is 28.7 Å². The van der Waals surface area contributed by atoms with Gasteiger partial charge in [0.15, 0.2) is 0 Å². The monoisotopic (exact) mass is 311 g/mol. The van der Waals surface area contributed by atoms with E-state index < -0.39 is 0 Å². The van der Waals surface area contributed by atoms with Gasteiger partial charge in [0.1, 0.15) is 0 Å². The molecule has 1 saturated carbocycles. The highest BCUT2D eigenvalue weighted by atomic mass is 79.9. The molecule has 0 bridgehead atoms. The summed E-state index contributed by atoms with van der Waals surface area (Å²) < 4.78 is 0.913. The van der Waals surface area contributed by atoms with Crippen molar-refractivity contribution in [2.45, 2.75) is 31.8 Å². The number of aliphatic hydroxyl groups is 1. The molecule has 0 aromatic heterocycles. The van der Waals surface area contributed by atoms with Crippen LogP contribution in [0.25, 0.3) is 0 Å². The zero-order valence-corrected chi connectivity index (χ0v) is 11.8. The van der Waals surface area contributed by atoms with E-state index in [-0.39, 0.29) is 12.0 Å². The summed E-state index contributed by atoms with van der Waals surface area (Å²) in [6.07, 6.45) is 3.58. The lowest BCUT2D eigenvalue weighted by atomic mass is 9.87. The van der Waals surface area contributed by atoms with Gasteiger partial charge in [-0.25, -0.2) is 0 Å². The van der Waals surface area contributed by atoms with Crippen LogP contribution in [0.3, 0.4) is 0 Å². The van der Waals surface area contributed by atoms with Crippen molar-refractivity contribution in [1.82, 2.24) is 5.32 Å². The second-order valence-corrected chi connectivity index (χ2v) is 5.81. The molecule has 4 heteroatoms. The third kappa shape index (κ3) is 3.82. The Morgan fingerprint density at radius 3 is 2.72 bits per heavy atom. The Balaban J connectivity index is 1.81. The van der Waals surface area contributed by atoms with Gasteiger partial charge < -0.3 is 10.4 Å². The van der Waals surface area contributed by atoms with E-state index in [0.717, 1.165) is 30.2 Å². The number of hydrogen-bond donors (Lipinski definition) is 2. The molecule has 1 aromatic rings. The van der Waals surface area contributed by atoms with Crippen LogP contribution in [0.4, 0.5) is 0 Å². The summed E-state index contributed by atoms with van der Waals surface area (Å²) in [5.74, 6) is 0.479. The lowest BCUT2D eigenvalue weighted by Crippen LogP contribution is -2.32. The number of halogens is 1. The molecule has 0 radical (unpaired) electrons. The number of aliphatic hydroxyl groups excluding tert-OH is 1. The second-order valence-electron chi connectivity index (χ2n) is 4.89. The number of nitrogens with one attached hydrogen (secondary N) is 1. The molecule has 0 atom stereocenters. The summed E-state index contributed by atoms with van der Waals surface area (Å²) in [5.41, 5.74) is 0.681. The third-order valence-corrected chi connectivity index (χ3v) is 3.95. The minimum Gasteiger partial charge on any atom is -0.393 e. The number of benzene rings is 1. The molecule has 1 aromatic carbocycles. The van der Waals surface area contributed by atoms with Gasteiger partial charge in [-0.1, -0.05) is 22.0 Å². The number of rotatable bonds is 3. The Kier molecular flexibility index (Phi) is 4.78. The Hall–Kier alpha value is -0.870. The van der Waals surface area contributed by atoms with E-state index in [9.17, 15) is 9.90 Å². The van der Waals surface area contributed by atoms with Gasteiger partial charge in [0.25, 0.3) is 5.91 Å². The molecule has 0 unspecified atom stereocenters. The Morgan fingerprint density at radius 1 is 1.33 bits per heavy atom. The highest BCUT2D eigenvalue weighted by Crippen LogP contribution is 2.23. The molecule has 18 heavy (non-hydrogen) atoms. The first-order valence-electron chi connectivity index (χ1n) is 6.37. The molecule has 1 amide bonds. The predicted molar refractivity (Wildman–Crippen MR) is 74.4 cm³/mol. The van der Waals surface area contributed by atoms with Crippen molar-refractivity contribution in [3.63, 3.8) is 0 Å². The van der Waals surface area contributed by atoms with Crippen molar-refractivity contribution >= 4 is 21.8 Å². The predicted octanol–water partition coefficient (Wildman–Crippen LogP) is 2.73. The van der Waals surface area contributed by atoms with Crippen LogP contribution < -0.4 is 5.32 Å². The average Bonchev–Trinajstić information content (AvgIpc) is 2.38. The maximum atomic E-state index is 11.9. The molecule has 2 N–H and O–H groups in total. The minimum absolute atomic E-state index is 0.0255. The smallest absolute Gasteiger partial charge is 0.251 e. The van der Waals surface area contributed by atoms with Crippen molar-refractivity contribution < 1.29 is 9.90 Å². The van der Waals surface area contributed by atoms with E-state index in [1.807, 2.05) is 24.3 Å². The fraction of sp³-hybridized carbons (Fsp3) is 0.500. The zero-order valence-electron chi connectivity index (χ0n) is 10.2. The zero-order chi connectivity index (χ0) is 13.0. The molecule has 0 heterocycles. The SMILES string of the molecule is O=C(NCC1CCC(O)CC1)c1cccc(Br)c1. The summed E-state index contributed by atoms with van der Waals surface area (Å²) in [6, 6.07) is 7.39. The molecule has 0 aliphatic heterocycles. The topological polar surface area (TPSA) is 49.3 Å². The first-order valence-corrected chi connectivity index (χ1v) is 7.16. The van der Waals surface area contributed by atoms with Crippen LogP contribution >= 0.6 is 15.9 Å². The van der Waals surface area contributed by atoms with Gasteiger partial charge in [0.2, 0.25) is 0 Å². The van der Waals surface area contributed by atoms with Gasteiger partial charge >= 0.3 is 0 Å². The molecule has 1 aliphatic carbocycles. The van der Waals surface area contributed by atoms with Crippen LogP contribution in [-0.2, 0) is 0 Å². The first-order chi connectivity index (χ1) is 8.65. The Bertz CT molecular complexity index is 414. The first kappa shape index (κ1) is 13.6. The summed E-state index contributed by atoms with van der Waals surface area (Å²) in [4.78, 5) is 11.9. The molecule has 98 valence electrons. The maximum Gasteiger partial charge on any atom is 0.251 e. The van der Waals surface area contributed by atoms with Gasteiger partial charge in [0.05, 0.1) is 6.10 Å². The molecular formula is C14H18BrNO2. The maximum absolute atomic E-state index is 11.9. The van der Waals surface area contributed by atoms with Crippen molar-refractivity contribution in [1.29, 1.82) is 0 Å².